The number of hydrogen-bond donors (Lipinski definition) is 4. The van der Waals surface area contributed by atoms with Gasteiger partial charge in [0.15, 0.2) is 0 Å². The van der Waals surface area contributed by atoms with E-state index in [0.29, 0.717) is 5.75 Å². The fourth-order valence-electron chi connectivity index (χ4n) is 5.30. The maximum atomic E-state index is 15.6. The molecule has 5 rings (SSSR count). The van der Waals surface area contributed by atoms with E-state index in [1.54, 1.807) is 6.07 Å². The molecule has 14 nitrogen and oxygen atoms in total. The zero-order chi connectivity index (χ0) is 29.8. The number of methoxy groups -OCH3 is 1. The Morgan fingerprint density at radius 1 is 1.24 bits per heavy atom. The number of benzene rings is 1. The zero-order valence-corrected chi connectivity index (χ0v) is 23.8. The second-order valence-corrected chi connectivity index (χ2v) is 14.0. The average Bonchev–Trinajstić information content (AvgIpc) is 3.65. The van der Waals surface area contributed by atoms with Crippen molar-refractivity contribution in [3.05, 3.63) is 66.0 Å². The fourth-order valence-corrected chi connectivity index (χ4v) is 8.95. The molecule has 17 heteroatoms. The molecule has 2 aliphatic heterocycles. The summed E-state index contributed by atoms with van der Waals surface area (Å²) in [6, 6.07) is 6.62. The number of halogens is 1. The number of H-pyrrole nitrogens is 1. The Kier molecular flexibility index (Phi) is 6.78. The molecule has 0 aliphatic carbocycles. The first kappa shape index (κ1) is 28.4. The average molecular weight is 607 g/mol. The lowest BCUT2D eigenvalue weighted by atomic mass is 9.77. The van der Waals surface area contributed by atoms with E-state index in [4.69, 9.17) is 10.1 Å². The van der Waals surface area contributed by atoms with Gasteiger partial charge in [-0.1, -0.05) is 0 Å². The lowest BCUT2D eigenvalue weighted by molar-refractivity contribution is 0.102. The van der Waals surface area contributed by atoms with Crippen LogP contribution in [0.25, 0.3) is 0 Å². The number of carbonyl (C=O) groups excluding carboxylic acids is 1. The summed E-state index contributed by atoms with van der Waals surface area (Å²) in [4.78, 5) is 16.7. The second kappa shape index (κ2) is 9.78. The Morgan fingerprint density at radius 2 is 2.00 bits per heavy atom. The van der Waals surface area contributed by atoms with E-state index in [9.17, 15) is 21.6 Å². The zero-order valence-electron chi connectivity index (χ0n) is 22.2. The third-order valence-corrected chi connectivity index (χ3v) is 12.2. The van der Waals surface area contributed by atoms with Crippen LogP contribution >= 0.6 is 0 Å². The summed E-state index contributed by atoms with van der Waals surface area (Å²) in [6.45, 7) is 0.692. The Hall–Kier alpha value is -4.09. The number of rotatable bonds is 6. The summed E-state index contributed by atoms with van der Waals surface area (Å²) in [5.74, 6) is -1.50. The maximum absolute atomic E-state index is 15.6. The first-order valence-corrected chi connectivity index (χ1v) is 15.1. The van der Waals surface area contributed by atoms with Gasteiger partial charge in [0.1, 0.15) is 26.9 Å². The molecule has 2 atom stereocenters. The number of carbonyl (C=O) groups is 1. The highest BCUT2D eigenvalue weighted by Gasteiger charge is 2.67. The molecule has 2 aliphatic rings. The fraction of sp³-hybridized carbons (Fsp3) is 0.333. The van der Waals surface area contributed by atoms with Gasteiger partial charge in [0.2, 0.25) is 26.0 Å². The highest BCUT2D eigenvalue weighted by atomic mass is 32.2. The van der Waals surface area contributed by atoms with Crippen molar-refractivity contribution in [2.24, 2.45) is 0 Å². The molecule has 4 N–H and O–H groups in total. The standard InChI is InChI=1S/C24H27FN8O6S2/c1-23(18-10-15(4-6-19(18)25)30-21(34)20-7-5-16(39-3)11-27-20)24(41(37,38)32(2)22(26)31-23)8-9-33(14-24)40(35,36)17-12-28-29-13-17/h4-7,10-13H,8-9,14H2,1-3H3,(H2,26,31)(H,28,29)(H,30,34)/t23-,24+/m1/s1. The van der Waals surface area contributed by atoms with Crippen molar-refractivity contribution in [1.82, 2.24) is 29.1 Å². The summed E-state index contributed by atoms with van der Waals surface area (Å²) in [5, 5.41) is 19.9. The molecule has 1 spiro atoms. The smallest absolute Gasteiger partial charge is 0.274 e. The summed E-state index contributed by atoms with van der Waals surface area (Å²) in [5.41, 5.74) is -1.83. The Balaban J connectivity index is 1.57. The van der Waals surface area contributed by atoms with Crippen molar-refractivity contribution >= 4 is 37.6 Å². The summed E-state index contributed by atoms with van der Waals surface area (Å²) in [7, 11) is -5.94. The van der Waals surface area contributed by atoms with Crippen molar-refractivity contribution in [2.45, 2.75) is 28.5 Å². The number of guanidine groups is 1. The highest BCUT2D eigenvalue weighted by Crippen LogP contribution is 2.50. The molecule has 4 heterocycles. The molecule has 2 fully saturated rings. The molecule has 3 aromatic rings. The van der Waals surface area contributed by atoms with Crippen molar-refractivity contribution in [1.29, 1.82) is 5.41 Å². The first-order chi connectivity index (χ1) is 19.3. The topological polar surface area (TPSA) is 191 Å². The highest BCUT2D eigenvalue weighted by molar-refractivity contribution is 7.91. The van der Waals surface area contributed by atoms with Crippen LogP contribution in [0.1, 0.15) is 29.4 Å². The predicted octanol–water partition coefficient (Wildman–Crippen LogP) is 1.05. The van der Waals surface area contributed by atoms with Gasteiger partial charge in [-0.2, -0.15) is 9.40 Å². The first-order valence-electron chi connectivity index (χ1n) is 12.2. The van der Waals surface area contributed by atoms with E-state index in [-0.39, 0.29) is 34.8 Å². The number of sulfonamides is 2. The molecule has 0 radical (unpaired) electrons. The molecule has 1 amide bonds. The van der Waals surface area contributed by atoms with Crippen LogP contribution in [0.5, 0.6) is 5.75 Å². The van der Waals surface area contributed by atoms with Gasteiger partial charge >= 0.3 is 0 Å². The van der Waals surface area contributed by atoms with E-state index >= 15 is 4.39 Å². The largest absolute Gasteiger partial charge is 0.495 e. The Bertz CT molecular complexity index is 1730. The van der Waals surface area contributed by atoms with Crippen LogP contribution in [0.2, 0.25) is 0 Å². The molecule has 2 aromatic heterocycles. The quantitative estimate of drug-likeness (QED) is 0.318. The predicted molar refractivity (Wildman–Crippen MR) is 145 cm³/mol. The number of aromatic amines is 1. The Labute approximate surface area is 235 Å². The summed E-state index contributed by atoms with van der Waals surface area (Å²) in [6.07, 6.45) is 3.44. The van der Waals surface area contributed by atoms with Crippen LogP contribution < -0.4 is 15.4 Å². The van der Waals surface area contributed by atoms with Gasteiger partial charge in [-0.3, -0.25) is 15.3 Å². The number of ether oxygens (including phenoxy) is 1. The van der Waals surface area contributed by atoms with Crippen LogP contribution in [-0.2, 0) is 25.6 Å². The third-order valence-electron chi connectivity index (χ3n) is 7.72. The molecule has 1 aromatic carbocycles. The normalized spacial score (nSPS) is 24.3. The van der Waals surface area contributed by atoms with Crippen LogP contribution in [-0.4, -0.2) is 84.5 Å². The maximum Gasteiger partial charge on any atom is 0.274 e. The number of amides is 1. The van der Waals surface area contributed by atoms with E-state index in [1.807, 2.05) is 0 Å². The van der Waals surface area contributed by atoms with Crippen molar-refractivity contribution in [3.63, 3.8) is 0 Å². The van der Waals surface area contributed by atoms with Gasteiger partial charge in [0.25, 0.3) is 5.91 Å². The van der Waals surface area contributed by atoms with Gasteiger partial charge in [0.05, 0.1) is 25.0 Å². The number of nitrogens with zero attached hydrogens (tertiary/aromatic N) is 4. The molecule has 0 unspecified atom stereocenters. The summed E-state index contributed by atoms with van der Waals surface area (Å²) >= 11 is 0. The van der Waals surface area contributed by atoms with Gasteiger partial charge < -0.3 is 15.4 Å². The van der Waals surface area contributed by atoms with Crippen LogP contribution in [0.4, 0.5) is 10.1 Å². The van der Waals surface area contributed by atoms with E-state index in [2.05, 4.69) is 25.8 Å². The lowest BCUT2D eigenvalue weighted by Gasteiger charge is -2.52. The molecule has 0 saturated carbocycles. The van der Waals surface area contributed by atoms with Crippen LogP contribution in [0.3, 0.4) is 0 Å². The van der Waals surface area contributed by atoms with Crippen molar-refractivity contribution in [2.75, 3.05) is 32.6 Å². The number of pyridine rings is 1. The molecule has 2 saturated heterocycles. The minimum atomic E-state index is -4.43. The number of anilines is 1. The molecular weight excluding hydrogens is 579 g/mol. The third kappa shape index (κ3) is 4.31. The van der Waals surface area contributed by atoms with Crippen LogP contribution in [0, 0.1) is 11.2 Å². The van der Waals surface area contributed by atoms with E-state index in [0.717, 1.165) is 20.9 Å². The van der Waals surface area contributed by atoms with Gasteiger partial charge in [0, 0.05) is 37.6 Å². The minimum Gasteiger partial charge on any atom is -0.495 e. The monoisotopic (exact) mass is 606 g/mol. The molecule has 218 valence electrons. The minimum absolute atomic E-state index is 0.0528. The second-order valence-electron chi connectivity index (χ2n) is 9.82. The molecule has 41 heavy (non-hydrogen) atoms. The Morgan fingerprint density at radius 3 is 2.63 bits per heavy atom. The van der Waals surface area contributed by atoms with E-state index < -0.39 is 54.6 Å². The number of hydrogen-bond acceptors (Lipinski definition) is 9. The van der Waals surface area contributed by atoms with Crippen LogP contribution in [0.15, 0.2) is 53.8 Å². The van der Waals surface area contributed by atoms with Gasteiger partial charge in [-0.05, 0) is 43.7 Å². The molecular formula is C24H27FN8O6S2. The van der Waals surface area contributed by atoms with Crippen molar-refractivity contribution < 1.29 is 30.8 Å². The van der Waals surface area contributed by atoms with Crippen molar-refractivity contribution in [3.8, 4) is 5.75 Å². The SMILES string of the molecule is COc1ccc(C(=O)Nc2ccc(F)c([C@@]3(C)NC(=N)N(C)S(=O)(=O)[C@]34CCN(S(=O)(=O)c3cn[nH]c3)C4)c2)nc1. The lowest BCUT2D eigenvalue weighted by Crippen LogP contribution is -2.74. The number of aromatic nitrogens is 3. The van der Waals surface area contributed by atoms with E-state index in [1.165, 1.54) is 51.7 Å². The van der Waals surface area contributed by atoms with Gasteiger partial charge in [-0.25, -0.2) is 30.5 Å². The van der Waals surface area contributed by atoms with Gasteiger partial charge in [-0.15, -0.1) is 0 Å². The number of nitrogens with one attached hydrogen (secondary N) is 4. The summed E-state index contributed by atoms with van der Waals surface area (Å²) < 4.78 is 75.1. The molecule has 0 bridgehead atoms.